The van der Waals surface area contributed by atoms with Crippen LogP contribution in [0.1, 0.15) is 44.0 Å². The van der Waals surface area contributed by atoms with Gasteiger partial charge < -0.3 is 15.4 Å². The maximum atomic E-state index is 12.1. The van der Waals surface area contributed by atoms with Gasteiger partial charge in [-0.25, -0.2) is 4.98 Å². The number of nitrogens with one attached hydrogen (secondary N) is 2. The predicted molar refractivity (Wildman–Crippen MR) is 88.2 cm³/mol. The van der Waals surface area contributed by atoms with Gasteiger partial charge in [0, 0.05) is 24.8 Å². The van der Waals surface area contributed by atoms with E-state index in [9.17, 15) is 9.59 Å². The van der Waals surface area contributed by atoms with Crippen molar-refractivity contribution in [1.29, 1.82) is 0 Å². The van der Waals surface area contributed by atoms with Crippen molar-refractivity contribution in [3.8, 4) is 0 Å². The quantitative estimate of drug-likeness (QED) is 0.892. The van der Waals surface area contributed by atoms with Gasteiger partial charge in [-0.1, -0.05) is 20.8 Å². The molecule has 0 unspecified atom stereocenters. The summed E-state index contributed by atoms with van der Waals surface area (Å²) in [5.41, 5.74) is -0.00438. The number of pyridine rings is 1. The van der Waals surface area contributed by atoms with Crippen molar-refractivity contribution in [2.75, 3.05) is 25.1 Å². The first-order valence-electron chi connectivity index (χ1n) is 8.00. The number of carbonyl (C=O) groups is 2. The molecule has 1 aliphatic heterocycles. The molecular weight excluding hydrogens is 294 g/mol. The Balaban J connectivity index is 1.86. The molecule has 23 heavy (non-hydrogen) atoms. The predicted octanol–water partition coefficient (Wildman–Crippen LogP) is 2.22. The van der Waals surface area contributed by atoms with Crippen LogP contribution in [-0.4, -0.2) is 36.6 Å². The van der Waals surface area contributed by atoms with Gasteiger partial charge in [0.25, 0.3) is 5.91 Å². The summed E-state index contributed by atoms with van der Waals surface area (Å²) in [5.74, 6) is 0.560. The van der Waals surface area contributed by atoms with Crippen molar-refractivity contribution in [2.24, 2.45) is 11.3 Å². The molecule has 1 saturated heterocycles. The maximum Gasteiger partial charge on any atom is 0.252 e. The van der Waals surface area contributed by atoms with Crippen molar-refractivity contribution in [3.05, 3.63) is 23.9 Å². The molecule has 1 fully saturated rings. The third kappa shape index (κ3) is 5.32. The van der Waals surface area contributed by atoms with Crippen LogP contribution in [0.15, 0.2) is 18.3 Å². The van der Waals surface area contributed by atoms with Gasteiger partial charge >= 0.3 is 0 Å². The number of ether oxygens (including phenoxy) is 1. The van der Waals surface area contributed by atoms with Crippen molar-refractivity contribution in [3.63, 3.8) is 0 Å². The van der Waals surface area contributed by atoms with Gasteiger partial charge in [0.05, 0.1) is 12.2 Å². The van der Waals surface area contributed by atoms with E-state index < -0.39 is 5.41 Å². The number of nitrogens with zero attached hydrogens (tertiary/aromatic N) is 1. The fourth-order valence-corrected chi connectivity index (χ4v) is 2.21. The second-order valence-electron chi connectivity index (χ2n) is 6.93. The smallest absolute Gasteiger partial charge is 0.252 e. The van der Waals surface area contributed by atoms with Crippen LogP contribution in [-0.2, 0) is 9.53 Å². The van der Waals surface area contributed by atoms with Gasteiger partial charge in [-0.05, 0) is 30.9 Å². The second kappa shape index (κ2) is 7.55. The molecule has 126 valence electrons. The lowest BCUT2D eigenvalue weighted by atomic mass is 9.96. The molecule has 2 rings (SSSR count). The molecule has 0 bridgehead atoms. The number of carbonyl (C=O) groups excluding carboxylic acids is 2. The summed E-state index contributed by atoms with van der Waals surface area (Å²) in [4.78, 5) is 28.1. The molecule has 6 nitrogen and oxygen atoms in total. The van der Waals surface area contributed by atoms with Crippen molar-refractivity contribution < 1.29 is 14.3 Å². The highest BCUT2D eigenvalue weighted by molar-refractivity contribution is 5.95. The number of anilines is 1. The zero-order valence-electron chi connectivity index (χ0n) is 14.0. The summed E-state index contributed by atoms with van der Waals surface area (Å²) < 4.78 is 5.40. The molecule has 0 aliphatic carbocycles. The van der Waals surface area contributed by atoms with Crippen LogP contribution in [0, 0.1) is 11.3 Å². The minimum Gasteiger partial charge on any atom is -0.381 e. The van der Waals surface area contributed by atoms with Gasteiger partial charge in [0.2, 0.25) is 5.91 Å². The summed E-state index contributed by atoms with van der Waals surface area (Å²) in [6, 6.07) is 3.31. The molecule has 0 radical (unpaired) electrons. The van der Waals surface area contributed by atoms with E-state index in [1.807, 2.05) is 20.8 Å². The van der Waals surface area contributed by atoms with E-state index in [0.717, 1.165) is 19.4 Å². The van der Waals surface area contributed by atoms with Crippen LogP contribution >= 0.6 is 0 Å². The Kier molecular flexibility index (Phi) is 5.71. The van der Waals surface area contributed by atoms with E-state index in [-0.39, 0.29) is 11.8 Å². The van der Waals surface area contributed by atoms with Gasteiger partial charge in [0.1, 0.15) is 5.82 Å². The Labute approximate surface area is 137 Å². The van der Waals surface area contributed by atoms with Crippen LogP contribution in [0.3, 0.4) is 0 Å². The van der Waals surface area contributed by atoms with Gasteiger partial charge in [-0.2, -0.15) is 0 Å². The zero-order valence-corrected chi connectivity index (χ0v) is 14.0. The minimum atomic E-state index is -0.486. The number of hydrogen-bond acceptors (Lipinski definition) is 4. The second-order valence-corrected chi connectivity index (χ2v) is 6.93. The van der Waals surface area contributed by atoms with Gasteiger partial charge in [0.15, 0.2) is 0 Å². The monoisotopic (exact) mass is 319 g/mol. The minimum absolute atomic E-state index is 0.112. The number of rotatable bonds is 4. The van der Waals surface area contributed by atoms with Crippen molar-refractivity contribution in [2.45, 2.75) is 33.6 Å². The topological polar surface area (TPSA) is 80.3 Å². The normalized spacial score (nSPS) is 18.3. The van der Waals surface area contributed by atoms with Crippen LogP contribution < -0.4 is 10.6 Å². The molecular formula is C17H25N3O3. The third-order valence-corrected chi connectivity index (χ3v) is 3.75. The Bertz CT molecular complexity index is 543. The summed E-state index contributed by atoms with van der Waals surface area (Å²) in [5, 5.41) is 5.64. The lowest BCUT2D eigenvalue weighted by Gasteiger charge is -2.22. The molecule has 0 saturated carbocycles. The first-order chi connectivity index (χ1) is 10.9. The summed E-state index contributed by atoms with van der Waals surface area (Å²) in [7, 11) is 0. The number of aromatic nitrogens is 1. The zero-order chi connectivity index (χ0) is 16.9. The molecule has 1 aromatic rings. The lowest BCUT2D eigenvalue weighted by Crippen LogP contribution is -2.33. The van der Waals surface area contributed by atoms with E-state index in [1.54, 1.807) is 12.1 Å². The third-order valence-electron chi connectivity index (χ3n) is 3.75. The molecule has 2 heterocycles. The Morgan fingerprint density at radius 2 is 2.13 bits per heavy atom. The number of amides is 2. The summed E-state index contributed by atoms with van der Waals surface area (Å²) in [6.07, 6.45) is 3.60. The standard InChI is InChI=1S/C17H25N3O3/c1-17(2,3)16(22)20-14-7-6-13(10-18-14)15(21)19-9-12-5-4-8-23-11-12/h6-7,10,12H,4-5,8-9,11H2,1-3H3,(H,19,21)(H,18,20,22)/t12-/m0/s1. The summed E-state index contributed by atoms with van der Waals surface area (Å²) >= 11 is 0. The van der Waals surface area contributed by atoms with Crippen LogP contribution in [0.25, 0.3) is 0 Å². The van der Waals surface area contributed by atoms with Crippen LogP contribution in [0.4, 0.5) is 5.82 Å². The fourth-order valence-electron chi connectivity index (χ4n) is 2.21. The SMILES string of the molecule is CC(C)(C)C(=O)Nc1ccc(C(=O)NC[C@@H]2CCCOC2)cn1. The Morgan fingerprint density at radius 3 is 2.70 bits per heavy atom. The first kappa shape index (κ1) is 17.4. The average Bonchev–Trinajstić information content (AvgIpc) is 2.53. The molecule has 0 aromatic carbocycles. The highest BCUT2D eigenvalue weighted by atomic mass is 16.5. The largest absolute Gasteiger partial charge is 0.381 e. The Morgan fingerprint density at radius 1 is 1.35 bits per heavy atom. The molecule has 2 N–H and O–H groups in total. The molecule has 6 heteroatoms. The fraction of sp³-hybridized carbons (Fsp3) is 0.588. The van der Waals surface area contributed by atoms with E-state index in [4.69, 9.17) is 4.74 Å². The maximum absolute atomic E-state index is 12.1. The van der Waals surface area contributed by atoms with E-state index in [2.05, 4.69) is 15.6 Å². The Hall–Kier alpha value is -1.95. The molecule has 1 aromatic heterocycles. The first-order valence-corrected chi connectivity index (χ1v) is 8.00. The number of hydrogen-bond donors (Lipinski definition) is 2. The molecule has 1 atom stereocenters. The molecule has 1 aliphatic rings. The van der Waals surface area contributed by atoms with Crippen LogP contribution in [0.5, 0.6) is 0 Å². The van der Waals surface area contributed by atoms with E-state index in [1.165, 1.54) is 6.20 Å². The average molecular weight is 319 g/mol. The highest BCUT2D eigenvalue weighted by Crippen LogP contribution is 2.16. The van der Waals surface area contributed by atoms with Crippen LogP contribution in [0.2, 0.25) is 0 Å². The van der Waals surface area contributed by atoms with E-state index in [0.29, 0.717) is 30.5 Å². The summed E-state index contributed by atoms with van der Waals surface area (Å²) in [6.45, 7) is 7.63. The lowest BCUT2D eigenvalue weighted by molar-refractivity contribution is -0.123. The molecule has 0 spiro atoms. The molecule has 2 amide bonds. The van der Waals surface area contributed by atoms with E-state index >= 15 is 0 Å². The van der Waals surface area contributed by atoms with Crippen molar-refractivity contribution in [1.82, 2.24) is 10.3 Å². The highest BCUT2D eigenvalue weighted by Gasteiger charge is 2.21. The van der Waals surface area contributed by atoms with Crippen molar-refractivity contribution >= 4 is 17.6 Å². The van der Waals surface area contributed by atoms with Gasteiger partial charge in [-0.15, -0.1) is 0 Å². The van der Waals surface area contributed by atoms with Gasteiger partial charge in [-0.3, -0.25) is 9.59 Å².